The molecule has 0 unspecified atom stereocenters. The molecule has 0 bridgehead atoms. The van der Waals surface area contributed by atoms with Crippen LogP contribution in [0.1, 0.15) is 19.5 Å². The number of hydrogen-bond donors (Lipinski definition) is 2. The molecular weight excluding hydrogens is 354 g/mol. The minimum Gasteiger partial charge on any atom is -0.484 e. The van der Waals surface area contributed by atoms with Crippen LogP contribution in [0.4, 0.5) is 0 Å². The molecular formula is C18H23N3O4S. The number of benzene rings is 1. The minimum absolute atomic E-state index is 0.158. The van der Waals surface area contributed by atoms with Crippen LogP contribution in [0, 0.1) is 5.92 Å². The molecule has 8 heteroatoms. The van der Waals surface area contributed by atoms with Crippen LogP contribution in [0.15, 0.2) is 53.6 Å². The van der Waals surface area contributed by atoms with Crippen molar-refractivity contribution < 1.29 is 17.9 Å². The first-order valence-corrected chi connectivity index (χ1v) is 9.74. The first-order chi connectivity index (χ1) is 12.4. The Bertz CT molecular complexity index is 806. The zero-order valence-electron chi connectivity index (χ0n) is 14.8. The molecule has 2 rings (SSSR count). The first-order valence-electron chi connectivity index (χ1n) is 8.26. The second-order valence-electron chi connectivity index (χ2n) is 6.10. The van der Waals surface area contributed by atoms with Gasteiger partial charge in [0.1, 0.15) is 5.75 Å². The van der Waals surface area contributed by atoms with Crippen LogP contribution in [0.2, 0.25) is 0 Å². The molecule has 1 amide bonds. The van der Waals surface area contributed by atoms with E-state index >= 15 is 0 Å². The van der Waals surface area contributed by atoms with Crippen molar-refractivity contribution in [1.29, 1.82) is 0 Å². The number of pyridine rings is 1. The topological polar surface area (TPSA) is 97.4 Å². The first kappa shape index (κ1) is 19.9. The van der Waals surface area contributed by atoms with Crippen molar-refractivity contribution in [3.05, 3.63) is 54.4 Å². The van der Waals surface area contributed by atoms with Crippen LogP contribution in [-0.2, 0) is 21.4 Å². The average Bonchev–Trinajstić information content (AvgIpc) is 2.64. The van der Waals surface area contributed by atoms with E-state index in [1.807, 2.05) is 26.0 Å². The highest BCUT2D eigenvalue weighted by atomic mass is 32.2. The summed E-state index contributed by atoms with van der Waals surface area (Å²) in [5.74, 6) is 0.351. The Morgan fingerprint density at radius 2 is 1.88 bits per heavy atom. The summed E-state index contributed by atoms with van der Waals surface area (Å²) in [6.07, 6.45) is 1.66. The second-order valence-corrected chi connectivity index (χ2v) is 7.87. The number of carbonyl (C=O) groups is 1. The zero-order chi connectivity index (χ0) is 19.0. The molecule has 140 valence electrons. The van der Waals surface area contributed by atoms with E-state index in [1.54, 1.807) is 12.3 Å². The number of aromatic nitrogens is 1. The Morgan fingerprint density at radius 3 is 2.50 bits per heavy atom. The van der Waals surface area contributed by atoms with Gasteiger partial charge in [-0.05, 0) is 42.3 Å². The van der Waals surface area contributed by atoms with Crippen LogP contribution in [0.5, 0.6) is 5.75 Å². The van der Waals surface area contributed by atoms with Gasteiger partial charge in [0, 0.05) is 12.7 Å². The van der Waals surface area contributed by atoms with Gasteiger partial charge in [0.25, 0.3) is 5.91 Å². The Labute approximate surface area is 153 Å². The van der Waals surface area contributed by atoms with Gasteiger partial charge < -0.3 is 10.1 Å². The van der Waals surface area contributed by atoms with Gasteiger partial charge in [-0.2, -0.15) is 0 Å². The van der Waals surface area contributed by atoms with Crippen LogP contribution in [0.3, 0.4) is 0 Å². The average molecular weight is 377 g/mol. The predicted molar refractivity (Wildman–Crippen MR) is 98.0 cm³/mol. The molecule has 0 radical (unpaired) electrons. The normalized spacial score (nSPS) is 11.3. The number of nitrogens with one attached hydrogen (secondary N) is 2. The maximum Gasteiger partial charge on any atom is 0.258 e. The third-order valence-corrected chi connectivity index (χ3v) is 4.82. The molecule has 0 fully saturated rings. The fourth-order valence-electron chi connectivity index (χ4n) is 1.97. The summed E-state index contributed by atoms with van der Waals surface area (Å²) in [5.41, 5.74) is 0.754. The lowest BCUT2D eigenvalue weighted by atomic mass is 10.2. The van der Waals surface area contributed by atoms with Crippen LogP contribution in [-0.4, -0.2) is 32.5 Å². The van der Waals surface area contributed by atoms with Gasteiger partial charge >= 0.3 is 0 Å². The van der Waals surface area contributed by atoms with Crippen LogP contribution < -0.4 is 14.8 Å². The van der Waals surface area contributed by atoms with Crippen molar-refractivity contribution >= 4 is 15.9 Å². The van der Waals surface area contributed by atoms with E-state index in [0.29, 0.717) is 18.8 Å². The number of nitrogens with zero attached hydrogens (tertiary/aromatic N) is 1. The molecule has 0 spiro atoms. The number of ether oxygens (including phenoxy) is 1. The third kappa shape index (κ3) is 6.45. The van der Waals surface area contributed by atoms with Crippen molar-refractivity contribution in [1.82, 2.24) is 15.0 Å². The fourth-order valence-corrected chi connectivity index (χ4v) is 3.18. The van der Waals surface area contributed by atoms with Gasteiger partial charge in [-0.1, -0.05) is 19.9 Å². The van der Waals surface area contributed by atoms with Crippen molar-refractivity contribution in [2.75, 3.05) is 13.2 Å². The Balaban J connectivity index is 1.82. The summed E-state index contributed by atoms with van der Waals surface area (Å²) < 4.78 is 32.1. The van der Waals surface area contributed by atoms with Gasteiger partial charge in [0.2, 0.25) is 10.0 Å². The molecule has 26 heavy (non-hydrogen) atoms. The summed E-state index contributed by atoms with van der Waals surface area (Å²) in [6, 6.07) is 11.4. The van der Waals surface area contributed by atoms with Gasteiger partial charge in [-0.3, -0.25) is 9.78 Å². The Hall–Kier alpha value is -2.45. The van der Waals surface area contributed by atoms with E-state index < -0.39 is 10.0 Å². The monoisotopic (exact) mass is 377 g/mol. The highest BCUT2D eigenvalue weighted by Gasteiger charge is 2.14. The maximum absolute atomic E-state index is 12.1. The maximum atomic E-state index is 12.1. The molecule has 0 aliphatic heterocycles. The number of hydrogen-bond acceptors (Lipinski definition) is 5. The van der Waals surface area contributed by atoms with Crippen molar-refractivity contribution in [2.45, 2.75) is 25.3 Å². The summed E-state index contributed by atoms with van der Waals surface area (Å²) in [6.45, 7) is 4.39. The molecule has 1 aromatic carbocycles. The van der Waals surface area contributed by atoms with Crippen LogP contribution >= 0.6 is 0 Å². The highest BCUT2D eigenvalue weighted by molar-refractivity contribution is 7.89. The highest BCUT2D eigenvalue weighted by Crippen LogP contribution is 2.16. The number of rotatable bonds is 9. The SMILES string of the molecule is CC(C)CNS(=O)(=O)c1ccc(OCC(=O)NCc2ccccn2)cc1. The third-order valence-electron chi connectivity index (χ3n) is 3.38. The molecule has 2 aromatic rings. The zero-order valence-corrected chi connectivity index (χ0v) is 15.6. The predicted octanol–water partition coefficient (Wildman–Crippen LogP) is 1.71. The van der Waals surface area contributed by atoms with E-state index in [4.69, 9.17) is 4.74 Å². The van der Waals surface area contributed by atoms with E-state index in [0.717, 1.165) is 5.69 Å². The molecule has 0 aliphatic rings. The van der Waals surface area contributed by atoms with E-state index in [-0.39, 0.29) is 23.3 Å². The summed E-state index contributed by atoms with van der Waals surface area (Å²) in [4.78, 5) is 16.1. The van der Waals surface area contributed by atoms with Crippen molar-refractivity contribution in [3.8, 4) is 5.75 Å². The lowest BCUT2D eigenvalue weighted by Crippen LogP contribution is -2.28. The van der Waals surface area contributed by atoms with Crippen molar-refractivity contribution in [3.63, 3.8) is 0 Å². The standard InChI is InChI=1S/C18H23N3O4S/c1-14(2)11-21-26(23,24)17-8-6-16(7-9-17)25-13-18(22)20-12-15-5-3-4-10-19-15/h3-10,14,21H,11-13H2,1-2H3,(H,20,22). The van der Waals surface area contributed by atoms with Gasteiger partial charge in [-0.15, -0.1) is 0 Å². The molecule has 7 nitrogen and oxygen atoms in total. The number of carbonyl (C=O) groups excluding carboxylic acids is 1. The van der Waals surface area contributed by atoms with Gasteiger partial charge in [0.15, 0.2) is 6.61 Å². The number of amides is 1. The lowest BCUT2D eigenvalue weighted by Gasteiger charge is -2.10. The van der Waals surface area contributed by atoms with Gasteiger partial charge in [0.05, 0.1) is 17.1 Å². The smallest absolute Gasteiger partial charge is 0.258 e. The molecule has 0 saturated heterocycles. The number of sulfonamides is 1. The molecule has 0 atom stereocenters. The van der Waals surface area contributed by atoms with E-state index in [9.17, 15) is 13.2 Å². The molecule has 1 aromatic heterocycles. The molecule has 0 aliphatic carbocycles. The largest absolute Gasteiger partial charge is 0.484 e. The van der Waals surface area contributed by atoms with E-state index in [2.05, 4.69) is 15.0 Å². The van der Waals surface area contributed by atoms with Gasteiger partial charge in [-0.25, -0.2) is 13.1 Å². The Morgan fingerprint density at radius 1 is 1.15 bits per heavy atom. The molecule has 1 heterocycles. The molecule has 0 saturated carbocycles. The fraction of sp³-hybridized carbons (Fsp3) is 0.333. The summed E-state index contributed by atoms with van der Waals surface area (Å²) in [5, 5.41) is 2.70. The quantitative estimate of drug-likeness (QED) is 0.693. The second kappa shape index (κ2) is 9.30. The summed E-state index contributed by atoms with van der Waals surface area (Å²) >= 11 is 0. The Kier molecular flexibility index (Phi) is 7.11. The molecule has 2 N–H and O–H groups in total. The summed E-state index contributed by atoms with van der Waals surface area (Å²) in [7, 11) is -3.53. The van der Waals surface area contributed by atoms with Crippen molar-refractivity contribution in [2.24, 2.45) is 5.92 Å². The van der Waals surface area contributed by atoms with E-state index in [1.165, 1.54) is 24.3 Å². The van der Waals surface area contributed by atoms with Crippen LogP contribution in [0.25, 0.3) is 0 Å². The minimum atomic E-state index is -3.53. The lowest BCUT2D eigenvalue weighted by molar-refractivity contribution is -0.123.